The summed E-state index contributed by atoms with van der Waals surface area (Å²) in [4.78, 5) is 0. The molecule has 0 saturated heterocycles. The summed E-state index contributed by atoms with van der Waals surface area (Å²) in [6.07, 6.45) is 11.5. The van der Waals surface area contributed by atoms with Gasteiger partial charge in [-0.3, -0.25) is 0 Å². The van der Waals surface area contributed by atoms with Crippen molar-refractivity contribution in [2.75, 3.05) is 0 Å². The molecular weight excluding hydrogens is 330 g/mol. The maximum atomic E-state index is 6.44. The molecule has 0 radical (unpaired) electrons. The quantitative estimate of drug-likeness (QED) is 0.503. The third-order valence-electron chi connectivity index (χ3n) is 4.82. The number of halogens is 1. The van der Waals surface area contributed by atoms with Gasteiger partial charge in [-0.05, 0) is 56.4 Å². The van der Waals surface area contributed by atoms with Gasteiger partial charge in [-0.1, -0.05) is 42.0 Å². The first-order valence-electron chi connectivity index (χ1n) is 8.64. The van der Waals surface area contributed by atoms with Crippen molar-refractivity contribution in [3.05, 3.63) is 71.1 Å². The van der Waals surface area contributed by atoms with Crippen LogP contribution in [0.15, 0.2) is 54.7 Å². The van der Waals surface area contributed by atoms with Gasteiger partial charge in [0.1, 0.15) is 5.82 Å². The van der Waals surface area contributed by atoms with Crippen LogP contribution in [0.5, 0.6) is 0 Å². The third-order valence-corrected chi connectivity index (χ3v) is 5.13. The lowest BCUT2D eigenvalue weighted by Crippen LogP contribution is -2.16. The number of hydrogen-bond donors (Lipinski definition) is 0. The van der Waals surface area contributed by atoms with Gasteiger partial charge in [0, 0.05) is 12.6 Å². The summed E-state index contributed by atoms with van der Waals surface area (Å²) in [5, 5.41) is 9.73. The highest BCUT2D eigenvalue weighted by Gasteiger charge is 2.50. The van der Waals surface area contributed by atoms with E-state index in [-0.39, 0.29) is 5.41 Å². The molecule has 4 heteroatoms. The Bertz CT molecular complexity index is 854. The Balaban J connectivity index is 2.05. The summed E-state index contributed by atoms with van der Waals surface area (Å²) in [6, 6.07) is 6.04. The minimum absolute atomic E-state index is 0.0350. The van der Waals surface area contributed by atoms with Crippen LogP contribution >= 0.6 is 11.6 Å². The first-order chi connectivity index (χ1) is 12.0. The molecule has 2 aromatic rings. The summed E-state index contributed by atoms with van der Waals surface area (Å²) in [7, 11) is 2.03. The second-order valence-electron chi connectivity index (χ2n) is 6.66. The molecule has 1 saturated carbocycles. The van der Waals surface area contributed by atoms with Crippen molar-refractivity contribution in [2.24, 2.45) is 7.05 Å². The highest BCUT2D eigenvalue weighted by Crippen LogP contribution is 2.54. The van der Waals surface area contributed by atoms with Crippen LogP contribution in [0.1, 0.15) is 37.6 Å². The lowest BCUT2D eigenvalue weighted by molar-refractivity contribution is 0.691. The fraction of sp³-hybridized carbons (Fsp3) is 0.333. The molecule has 0 amide bonds. The molecule has 0 spiro atoms. The zero-order valence-corrected chi connectivity index (χ0v) is 15.8. The first-order valence-corrected chi connectivity index (χ1v) is 9.02. The Morgan fingerprint density at radius 2 is 2.12 bits per heavy atom. The molecule has 1 aliphatic carbocycles. The Morgan fingerprint density at radius 3 is 2.72 bits per heavy atom. The number of hydrogen-bond acceptors (Lipinski definition) is 2. The van der Waals surface area contributed by atoms with Gasteiger partial charge in [0.05, 0.1) is 10.4 Å². The second kappa shape index (κ2) is 7.01. The fourth-order valence-corrected chi connectivity index (χ4v) is 3.68. The predicted molar refractivity (Wildman–Crippen MR) is 105 cm³/mol. The number of rotatable bonds is 6. The van der Waals surface area contributed by atoms with Gasteiger partial charge in [-0.15, -0.1) is 16.8 Å². The molecule has 3 nitrogen and oxygen atoms in total. The largest absolute Gasteiger partial charge is 0.313 e. The van der Waals surface area contributed by atoms with Gasteiger partial charge in [-0.2, -0.15) is 0 Å². The molecule has 0 unspecified atom stereocenters. The molecule has 1 aromatic heterocycles. The molecule has 25 heavy (non-hydrogen) atoms. The molecule has 1 aliphatic rings. The molecule has 0 bridgehead atoms. The highest BCUT2D eigenvalue weighted by atomic mass is 35.5. The van der Waals surface area contributed by atoms with Crippen LogP contribution in [0.25, 0.3) is 11.4 Å². The minimum Gasteiger partial charge on any atom is -0.313 e. The van der Waals surface area contributed by atoms with Crippen molar-refractivity contribution in [3.8, 4) is 11.4 Å². The van der Waals surface area contributed by atoms with Gasteiger partial charge in [-0.25, -0.2) is 0 Å². The fourth-order valence-electron chi connectivity index (χ4n) is 3.36. The third kappa shape index (κ3) is 3.21. The van der Waals surface area contributed by atoms with Crippen molar-refractivity contribution in [3.63, 3.8) is 0 Å². The van der Waals surface area contributed by atoms with E-state index < -0.39 is 0 Å². The van der Waals surface area contributed by atoms with Crippen molar-refractivity contribution < 1.29 is 0 Å². The SMILES string of the molecule is C=CC/C=C(\C=C/C)C1(c2nnc(-c3ccc(C)cc3Cl)n2C)CC1. The Kier molecular flexibility index (Phi) is 4.96. The van der Waals surface area contributed by atoms with Crippen LogP contribution < -0.4 is 0 Å². The predicted octanol–water partition coefficient (Wildman–Crippen LogP) is 5.55. The molecule has 0 N–H and O–H groups in total. The number of allylic oxidation sites excluding steroid dienone is 5. The summed E-state index contributed by atoms with van der Waals surface area (Å²) in [5.41, 5.74) is 3.32. The first kappa shape index (κ1) is 17.7. The van der Waals surface area contributed by atoms with Crippen molar-refractivity contribution >= 4 is 11.6 Å². The molecule has 3 rings (SSSR count). The van der Waals surface area contributed by atoms with Crippen molar-refractivity contribution in [2.45, 2.75) is 38.5 Å². The van der Waals surface area contributed by atoms with Crippen LogP contribution in [0.4, 0.5) is 0 Å². The van der Waals surface area contributed by atoms with Gasteiger partial charge >= 0.3 is 0 Å². The average molecular weight is 354 g/mol. The number of benzene rings is 1. The minimum atomic E-state index is -0.0350. The summed E-state index contributed by atoms with van der Waals surface area (Å²) < 4.78 is 2.09. The summed E-state index contributed by atoms with van der Waals surface area (Å²) >= 11 is 6.44. The van der Waals surface area contributed by atoms with Gasteiger partial charge in [0.25, 0.3) is 0 Å². The maximum absolute atomic E-state index is 6.44. The van der Waals surface area contributed by atoms with Crippen LogP contribution in [0.2, 0.25) is 5.02 Å². The molecule has 130 valence electrons. The van der Waals surface area contributed by atoms with Crippen molar-refractivity contribution in [1.29, 1.82) is 0 Å². The lowest BCUT2D eigenvalue weighted by atomic mass is 9.93. The van der Waals surface area contributed by atoms with E-state index in [2.05, 4.69) is 45.6 Å². The van der Waals surface area contributed by atoms with Gasteiger partial charge < -0.3 is 4.57 Å². The van der Waals surface area contributed by atoms with Crippen LogP contribution in [-0.2, 0) is 12.5 Å². The van der Waals surface area contributed by atoms with Crippen molar-refractivity contribution in [1.82, 2.24) is 14.8 Å². The van der Waals surface area contributed by atoms with E-state index in [4.69, 9.17) is 11.6 Å². The van der Waals surface area contributed by atoms with E-state index >= 15 is 0 Å². The second-order valence-corrected chi connectivity index (χ2v) is 7.06. The molecule has 0 aliphatic heterocycles. The topological polar surface area (TPSA) is 30.7 Å². The highest BCUT2D eigenvalue weighted by molar-refractivity contribution is 6.33. The zero-order valence-electron chi connectivity index (χ0n) is 15.1. The van der Waals surface area contributed by atoms with Crippen LogP contribution in [0, 0.1) is 6.92 Å². The van der Waals surface area contributed by atoms with E-state index in [1.165, 1.54) is 5.57 Å². The normalized spacial score (nSPS) is 16.4. The molecular formula is C21H24ClN3. The van der Waals surface area contributed by atoms with E-state index in [1.807, 2.05) is 39.1 Å². The van der Waals surface area contributed by atoms with Crippen LogP contribution in [0.3, 0.4) is 0 Å². The molecule has 0 atom stereocenters. The Hall–Kier alpha value is -2.13. The van der Waals surface area contributed by atoms with Gasteiger partial charge in [0.15, 0.2) is 5.82 Å². The Labute approximate surface area is 154 Å². The van der Waals surface area contributed by atoms with Gasteiger partial charge in [0.2, 0.25) is 0 Å². The van der Waals surface area contributed by atoms with Crippen LogP contribution in [-0.4, -0.2) is 14.8 Å². The lowest BCUT2D eigenvalue weighted by Gasteiger charge is -2.17. The average Bonchev–Trinajstić information content (AvgIpc) is 3.29. The summed E-state index contributed by atoms with van der Waals surface area (Å²) in [6.45, 7) is 7.91. The number of aromatic nitrogens is 3. The monoisotopic (exact) mass is 353 g/mol. The molecule has 1 heterocycles. The summed E-state index contributed by atoms with van der Waals surface area (Å²) in [5.74, 6) is 1.82. The van der Waals surface area contributed by atoms with E-state index in [9.17, 15) is 0 Å². The smallest absolute Gasteiger partial charge is 0.165 e. The maximum Gasteiger partial charge on any atom is 0.165 e. The van der Waals surface area contributed by atoms with E-state index in [0.29, 0.717) is 5.02 Å². The zero-order chi connectivity index (χ0) is 18.0. The number of nitrogens with zero attached hydrogens (tertiary/aromatic N) is 3. The molecule has 1 fully saturated rings. The van der Waals surface area contributed by atoms with E-state index in [1.54, 1.807) is 0 Å². The van der Waals surface area contributed by atoms with E-state index in [0.717, 1.165) is 42.0 Å². The standard InChI is InChI=1S/C21H24ClN3/c1-5-7-9-16(8-6-2)21(12-13-21)20-24-23-19(25(20)4)17-11-10-15(3)14-18(17)22/h5-6,8-11,14H,1,7,12-13H2,2-4H3/b8-6-,16-9+. The number of aryl methyl sites for hydroxylation is 1. The molecule has 1 aromatic carbocycles. The Morgan fingerprint density at radius 1 is 1.36 bits per heavy atom.